The molecule has 1 aliphatic carbocycles. The first-order valence-corrected chi connectivity index (χ1v) is 7.60. The molecule has 1 aromatic carbocycles. The number of aromatic nitrogens is 1. The van der Waals surface area contributed by atoms with Crippen molar-refractivity contribution in [2.75, 3.05) is 11.9 Å². The van der Waals surface area contributed by atoms with Crippen LogP contribution in [0.3, 0.4) is 0 Å². The lowest BCUT2D eigenvalue weighted by Crippen LogP contribution is -2.27. The predicted molar refractivity (Wildman–Crippen MR) is 83.7 cm³/mol. The SMILES string of the molecule is O=C(CCNc1nccc2c(Br)cccc12)NC1CC1. The Labute approximate surface area is 126 Å². The van der Waals surface area contributed by atoms with E-state index in [2.05, 4.69) is 31.5 Å². The second-order valence-corrected chi connectivity index (χ2v) is 5.87. The summed E-state index contributed by atoms with van der Waals surface area (Å²) in [7, 11) is 0. The summed E-state index contributed by atoms with van der Waals surface area (Å²) in [5, 5.41) is 8.40. The first-order valence-electron chi connectivity index (χ1n) is 6.80. The van der Waals surface area contributed by atoms with E-state index < -0.39 is 0 Å². The van der Waals surface area contributed by atoms with E-state index in [9.17, 15) is 4.79 Å². The van der Waals surface area contributed by atoms with Gasteiger partial charge in [0.1, 0.15) is 5.82 Å². The summed E-state index contributed by atoms with van der Waals surface area (Å²) in [5.41, 5.74) is 0. The van der Waals surface area contributed by atoms with Gasteiger partial charge in [0.15, 0.2) is 0 Å². The standard InChI is InChI=1S/C15H16BrN3O/c16-13-3-1-2-12-11(13)6-8-17-15(12)18-9-7-14(20)19-10-4-5-10/h1-3,6,8,10H,4-5,7,9H2,(H,17,18)(H,19,20). The fourth-order valence-corrected chi connectivity index (χ4v) is 2.63. The molecule has 0 aliphatic heterocycles. The van der Waals surface area contributed by atoms with Crippen LogP contribution in [0.4, 0.5) is 5.82 Å². The fraction of sp³-hybridized carbons (Fsp3) is 0.333. The van der Waals surface area contributed by atoms with Crippen LogP contribution in [0, 0.1) is 0 Å². The molecule has 1 fully saturated rings. The van der Waals surface area contributed by atoms with Crippen molar-refractivity contribution in [3.05, 3.63) is 34.9 Å². The van der Waals surface area contributed by atoms with Crippen LogP contribution in [-0.2, 0) is 4.79 Å². The minimum absolute atomic E-state index is 0.112. The zero-order chi connectivity index (χ0) is 13.9. The highest BCUT2D eigenvalue weighted by molar-refractivity contribution is 9.10. The van der Waals surface area contributed by atoms with E-state index in [1.807, 2.05) is 24.3 Å². The molecular formula is C15H16BrN3O. The lowest BCUT2D eigenvalue weighted by Gasteiger charge is -2.09. The number of pyridine rings is 1. The summed E-state index contributed by atoms with van der Waals surface area (Å²) in [6.45, 7) is 0.594. The highest BCUT2D eigenvalue weighted by Crippen LogP contribution is 2.27. The Kier molecular flexibility index (Phi) is 3.87. The highest BCUT2D eigenvalue weighted by Gasteiger charge is 2.22. The Morgan fingerprint density at radius 2 is 2.15 bits per heavy atom. The minimum atomic E-state index is 0.112. The number of benzene rings is 1. The van der Waals surface area contributed by atoms with E-state index in [1.165, 1.54) is 0 Å². The number of hydrogen-bond donors (Lipinski definition) is 2. The molecule has 0 radical (unpaired) electrons. The van der Waals surface area contributed by atoms with Gasteiger partial charge in [0.2, 0.25) is 5.91 Å². The van der Waals surface area contributed by atoms with E-state index in [0.717, 1.165) is 33.9 Å². The molecule has 0 unspecified atom stereocenters. The topological polar surface area (TPSA) is 54.0 Å². The third-order valence-electron chi connectivity index (χ3n) is 3.34. The van der Waals surface area contributed by atoms with Crippen LogP contribution in [-0.4, -0.2) is 23.5 Å². The number of carbonyl (C=O) groups is 1. The van der Waals surface area contributed by atoms with E-state index >= 15 is 0 Å². The Morgan fingerprint density at radius 3 is 2.95 bits per heavy atom. The summed E-state index contributed by atoms with van der Waals surface area (Å²) >= 11 is 3.54. The van der Waals surface area contributed by atoms with Gasteiger partial charge in [-0.25, -0.2) is 4.98 Å². The zero-order valence-corrected chi connectivity index (χ0v) is 12.6. The van der Waals surface area contributed by atoms with Gasteiger partial charge >= 0.3 is 0 Å². The van der Waals surface area contributed by atoms with Crippen LogP contribution < -0.4 is 10.6 Å². The molecule has 104 valence electrons. The van der Waals surface area contributed by atoms with Gasteiger partial charge in [-0.1, -0.05) is 28.1 Å². The number of nitrogens with zero attached hydrogens (tertiary/aromatic N) is 1. The van der Waals surface area contributed by atoms with Gasteiger partial charge in [0, 0.05) is 40.4 Å². The highest BCUT2D eigenvalue weighted by atomic mass is 79.9. The first kappa shape index (κ1) is 13.4. The lowest BCUT2D eigenvalue weighted by atomic mass is 10.1. The number of fused-ring (bicyclic) bond motifs is 1. The summed E-state index contributed by atoms with van der Waals surface area (Å²) in [4.78, 5) is 16.0. The van der Waals surface area contributed by atoms with Crippen molar-refractivity contribution in [3.8, 4) is 0 Å². The molecule has 1 saturated carbocycles. The van der Waals surface area contributed by atoms with Gasteiger partial charge in [-0.2, -0.15) is 0 Å². The van der Waals surface area contributed by atoms with Gasteiger partial charge in [0.05, 0.1) is 0 Å². The third kappa shape index (κ3) is 3.10. The quantitative estimate of drug-likeness (QED) is 0.884. The van der Waals surface area contributed by atoms with Crippen molar-refractivity contribution in [2.24, 2.45) is 0 Å². The second kappa shape index (κ2) is 5.79. The average Bonchev–Trinajstić information content (AvgIpc) is 3.24. The van der Waals surface area contributed by atoms with Crippen molar-refractivity contribution in [1.29, 1.82) is 0 Å². The molecule has 2 aromatic rings. The van der Waals surface area contributed by atoms with Gasteiger partial charge in [-0.3, -0.25) is 4.79 Å². The largest absolute Gasteiger partial charge is 0.369 e. The number of amides is 1. The summed E-state index contributed by atoms with van der Waals surface area (Å²) in [6.07, 6.45) is 4.50. The summed E-state index contributed by atoms with van der Waals surface area (Å²) in [5.74, 6) is 0.935. The van der Waals surface area contributed by atoms with Gasteiger partial charge in [-0.05, 0) is 25.0 Å². The number of hydrogen-bond acceptors (Lipinski definition) is 3. The molecular weight excluding hydrogens is 318 g/mol. The Hall–Kier alpha value is -1.62. The zero-order valence-electron chi connectivity index (χ0n) is 11.0. The smallest absolute Gasteiger partial charge is 0.221 e. The first-order chi connectivity index (χ1) is 9.74. The van der Waals surface area contributed by atoms with Crippen molar-refractivity contribution in [3.63, 3.8) is 0 Å². The molecule has 5 heteroatoms. The van der Waals surface area contributed by atoms with Crippen LogP contribution >= 0.6 is 15.9 Å². The van der Waals surface area contributed by atoms with Crippen molar-refractivity contribution in [2.45, 2.75) is 25.3 Å². The number of rotatable bonds is 5. The summed E-state index contributed by atoms with van der Waals surface area (Å²) in [6, 6.07) is 8.42. The molecule has 4 nitrogen and oxygen atoms in total. The van der Waals surface area contributed by atoms with Gasteiger partial charge < -0.3 is 10.6 Å². The second-order valence-electron chi connectivity index (χ2n) is 5.01. The van der Waals surface area contributed by atoms with Crippen molar-refractivity contribution >= 4 is 38.4 Å². The average molecular weight is 334 g/mol. The van der Waals surface area contributed by atoms with E-state index in [-0.39, 0.29) is 5.91 Å². The Balaban J connectivity index is 1.65. The van der Waals surface area contributed by atoms with Gasteiger partial charge in [-0.15, -0.1) is 0 Å². The molecule has 1 amide bonds. The number of halogens is 1. The van der Waals surface area contributed by atoms with E-state index in [4.69, 9.17) is 0 Å². The molecule has 1 aromatic heterocycles. The van der Waals surface area contributed by atoms with Crippen LogP contribution in [0.2, 0.25) is 0 Å². The number of nitrogens with one attached hydrogen (secondary N) is 2. The molecule has 20 heavy (non-hydrogen) atoms. The maximum atomic E-state index is 11.6. The molecule has 3 rings (SSSR count). The normalized spacial score (nSPS) is 14.2. The Bertz CT molecular complexity index is 640. The van der Waals surface area contributed by atoms with Crippen LogP contribution in [0.15, 0.2) is 34.9 Å². The molecule has 1 heterocycles. The Morgan fingerprint density at radius 1 is 1.30 bits per heavy atom. The van der Waals surface area contributed by atoms with Crippen molar-refractivity contribution in [1.82, 2.24) is 10.3 Å². The van der Waals surface area contributed by atoms with Crippen LogP contribution in [0.25, 0.3) is 10.8 Å². The van der Waals surface area contributed by atoms with Crippen molar-refractivity contribution < 1.29 is 4.79 Å². The molecule has 1 aliphatic rings. The van der Waals surface area contributed by atoms with Crippen LogP contribution in [0.5, 0.6) is 0 Å². The number of carbonyl (C=O) groups excluding carboxylic acids is 1. The molecule has 0 saturated heterocycles. The van der Waals surface area contributed by atoms with Gasteiger partial charge in [0.25, 0.3) is 0 Å². The van der Waals surface area contributed by atoms with E-state index in [1.54, 1.807) is 6.20 Å². The molecule has 0 bridgehead atoms. The monoisotopic (exact) mass is 333 g/mol. The maximum Gasteiger partial charge on any atom is 0.221 e. The molecule has 2 N–H and O–H groups in total. The number of anilines is 1. The minimum Gasteiger partial charge on any atom is -0.369 e. The third-order valence-corrected chi connectivity index (χ3v) is 4.03. The molecule has 0 atom stereocenters. The summed E-state index contributed by atoms with van der Waals surface area (Å²) < 4.78 is 1.05. The molecule has 0 spiro atoms. The fourth-order valence-electron chi connectivity index (χ4n) is 2.13. The predicted octanol–water partition coefficient (Wildman–Crippen LogP) is 3.08. The van der Waals surface area contributed by atoms with Crippen LogP contribution in [0.1, 0.15) is 19.3 Å². The lowest BCUT2D eigenvalue weighted by molar-refractivity contribution is -0.120. The van der Waals surface area contributed by atoms with E-state index in [0.29, 0.717) is 19.0 Å². The maximum absolute atomic E-state index is 11.6.